The number of carbonyl (C=O) groups excluding carboxylic acids is 1. The molecule has 23 heavy (non-hydrogen) atoms. The van der Waals surface area contributed by atoms with Gasteiger partial charge in [-0.15, -0.1) is 0 Å². The first-order valence-electron chi connectivity index (χ1n) is 8.67. The van der Waals surface area contributed by atoms with E-state index in [1.54, 1.807) is 0 Å². The number of carbonyl (C=O) groups is 1. The second-order valence-corrected chi connectivity index (χ2v) is 6.33. The maximum Gasteiger partial charge on any atom is 0.223 e. The van der Waals surface area contributed by atoms with Crippen LogP contribution >= 0.6 is 0 Å². The van der Waals surface area contributed by atoms with Gasteiger partial charge in [0, 0.05) is 31.1 Å². The summed E-state index contributed by atoms with van der Waals surface area (Å²) in [6.45, 7) is 2.86. The molecule has 1 saturated carbocycles. The van der Waals surface area contributed by atoms with E-state index in [9.17, 15) is 4.79 Å². The highest BCUT2D eigenvalue weighted by atomic mass is 16.5. The molecule has 126 valence electrons. The van der Waals surface area contributed by atoms with Crippen LogP contribution in [-0.2, 0) is 9.53 Å². The quantitative estimate of drug-likeness (QED) is 0.759. The first kappa shape index (κ1) is 16.1. The summed E-state index contributed by atoms with van der Waals surface area (Å²) in [5.41, 5.74) is 1.04. The third-order valence-corrected chi connectivity index (χ3v) is 4.52. The van der Waals surface area contributed by atoms with E-state index in [2.05, 4.69) is 10.6 Å². The summed E-state index contributed by atoms with van der Waals surface area (Å²) >= 11 is 0. The van der Waals surface area contributed by atoms with Gasteiger partial charge >= 0.3 is 0 Å². The Morgan fingerprint density at radius 1 is 1.13 bits per heavy atom. The Labute approximate surface area is 137 Å². The molecule has 3 rings (SSSR count). The molecule has 2 N–H and O–H groups in total. The van der Waals surface area contributed by atoms with E-state index in [-0.39, 0.29) is 17.9 Å². The minimum atomic E-state index is 0.180. The SMILES string of the molecule is O=C(NCCNc1ccc(OC2CCOC2)cc1)C1CCCC1. The highest BCUT2D eigenvalue weighted by molar-refractivity contribution is 5.78. The van der Waals surface area contributed by atoms with Gasteiger partial charge in [-0.25, -0.2) is 0 Å². The van der Waals surface area contributed by atoms with Crippen LogP contribution in [0.3, 0.4) is 0 Å². The Balaban J connectivity index is 1.34. The van der Waals surface area contributed by atoms with Crippen LogP contribution in [0.15, 0.2) is 24.3 Å². The Morgan fingerprint density at radius 2 is 1.91 bits per heavy atom. The van der Waals surface area contributed by atoms with Crippen molar-refractivity contribution in [3.8, 4) is 5.75 Å². The van der Waals surface area contributed by atoms with Crippen molar-refractivity contribution in [2.45, 2.75) is 38.2 Å². The molecule has 1 aliphatic carbocycles. The largest absolute Gasteiger partial charge is 0.488 e. The van der Waals surface area contributed by atoms with E-state index < -0.39 is 0 Å². The highest BCUT2D eigenvalue weighted by Gasteiger charge is 2.21. The Kier molecular flexibility index (Phi) is 5.75. The van der Waals surface area contributed by atoms with Crippen molar-refractivity contribution in [2.24, 2.45) is 5.92 Å². The van der Waals surface area contributed by atoms with Gasteiger partial charge in [0.25, 0.3) is 0 Å². The average molecular weight is 318 g/mol. The number of amides is 1. The maximum atomic E-state index is 11.9. The monoisotopic (exact) mass is 318 g/mol. The van der Waals surface area contributed by atoms with E-state index in [0.29, 0.717) is 13.2 Å². The summed E-state index contributed by atoms with van der Waals surface area (Å²) in [6, 6.07) is 7.95. The summed E-state index contributed by atoms with van der Waals surface area (Å²) in [5, 5.41) is 6.33. The van der Waals surface area contributed by atoms with Crippen molar-refractivity contribution >= 4 is 11.6 Å². The number of hydrogen-bond donors (Lipinski definition) is 2. The van der Waals surface area contributed by atoms with Gasteiger partial charge in [0.2, 0.25) is 5.91 Å². The second-order valence-electron chi connectivity index (χ2n) is 6.33. The Hall–Kier alpha value is -1.75. The third-order valence-electron chi connectivity index (χ3n) is 4.52. The minimum absolute atomic E-state index is 0.180. The topological polar surface area (TPSA) is 59.6 Å². The number of anilines is 1. The Morgan fingerprint density at radius 3 is 2.61 bits per heavy atom. The maximum absolute atomic E-state index is 11.9. The second kappa shape index (κ2) is 8.20. The lowest BCUT2D eigenvalue weighted by molar-refractivity contribution is -0.124. The van der Waals surface area contributed by atoms with Gasteiger partial charge in [0.1, 0.15) is 11.9 Å². The summed E-state index contributed by atoms with van der Waals surface area (Å²) in [6.07, 6.45) is 5.62. The standard InChI is InChI=1S/C18H26N2O3/c21-18(14-3-1-2-4-14)20-11-10-19-15-5-7-16(8-6-15)23-17-9-12-22-13-17/h5-8,14,17,19H,1-4,9-13H2,(H,20,21). The van der Waals surface area contributed by atoms with Crippen molar-refractivity contribution < 1.29 is 14.3 Å². The van der Waals surface area contributed by atoms with Crippen LogP contribution in [-0.4, -0.2) is 38.3 Å². The number of benzene rings is 1. The van der Waals surface area contributed by atoms with Gasteiger partial charge in [0.05, 0.1) is 13.2 Å². The van der Waals surface area contributed by atoms with Crippen LogP contribution in [0.2, 0.25) is 0 Å². The molecule has 5 nitrogen and oxygen atoms in total. The van der Waals surface area contributed by atoms with Crippen LogP contribution in [0.1, 0.15) is 32.1 Å². The van der Waals surface area contributed by atoms with E-state index in [4.69, 9.17) is 9.47 Å². The first-order chi connectivity index (χ1) is 11.3. The highest BCUT2D eigenvalue weighted by Crippen LogP contribution is 2.24. The molecular weight excluding hydrogens is 292 g/mol. The van der Waals surface area contributed by atoms with Crippen molar-refractivity contribution in [1.82, 2.24) is 5.32 Å². The van der Waals surface area contributed by atoms with Gasteiger partial charge in [0.15, 0.2) is 0 Å². The zero-order valence-corrected chi connectivity index (χ0v) is 13.6. The summed E-state index contributed by atoms with van der Waals surface area (Å²) in [7, 11) is 0. The zero-order chi connectivity index (χ0) is 15.9. The first-order valence-corrected chi connectivity index (χ1v) is 8.67. The third kappa shape index (κ3) is 4.86. The number of nitrogens with one attached hydrogen (secondary N) is 2. The number of ether oxygens (including phenoxy) is 2. The molecule has 0 bridgehead atoms. The lowest BCUT2D eigenvalue weighted by Gasteiger charge is -2.13. The van der Waals surface area contributed by atoms with Crippen LogP contribution in [0.25, 0.3) is 0 Å². The fraction of sp³-hybridized carbons (Fsp3) is 0.611. The predicted octanol–water partition coefficient (Wildman–Crippen LogP) is 2.57. The molecule has 1 aliphatic heterocycles. The molecule has 0 aromatic heterocycles. The van der Waals surface area contributed by atoms with Crippen molar-refractivity contribution in [3.63, 3.8) is 0 Å². The normalized spacial score (nSPS) is 21.3. The summed E-state index contributed by atoms with van der Waals surface area (Å²) in [4.78, 5) is 11.9. The van der Waals surface area contributed by atoms with Gasteiger partial charge in [-0.05, 0) is 37.1 Å². The zero-order valence-electron chi connectivity index (χ0n) is 13.6. The molecule has 1 heterocycles. The molecule has 1 unspecified atom stereocenters. The van der Waals surface area contributed by atoms with Gasteiger partial charge in [-0.2, -0.15) is 0 Å². The molecule has 2 aliphatic rings. The van der Waals surface area contributed by atoms with Crippen molar-refractivity contribution in [3.05, 3.63) is 24.3 Å². The van der Waals surface area contributed by atoms with E-state index in [1.807, 2.05) is 24.3 Å². The van der Waals surface area contributed by atoms with Gasteiger partial charge in [-0.3, -0.25) is 4.79 Å². The Bertz CT molecular complexity index is 491. The van der Waals surface area contributed by atoms with Crippen LogP contribution in [0.4, 0.5) is 5.69 Å². The van der Waals surface area contributed by atoms with Crippen LogP contribution < -0.4 is 15.4 Å². The fourth-order valence-corrected chi connectivity index (χ4v) is 3.17. The molecule has 1 aromatic rings. The lowest BCUT2D eigenvalue weighted by atomic mass is 10.1. The van der Waals surface area contributed by atoms with Crippen molar-refractivity contribution in [1.29, 1.82) is 0 Å². The molecule has 0 spiro atoms. The molecule has 1 saturated heterocycles. The molecular formula is C18H26N2O3. The molecule has 1 amide bonds. The van der Waals surface area contributed by atoms with E-state index in [1.165, 1.54) is 12.8 Å². The lowest BCUT2D eigenvalue weighted by Crippen LogP contribution is -2.33. The average Bonchev–Trinajstić information content (AvgIpc) is 3.26. The van der Waals surface area contributed by atoms with Gasteiger partial charge < -0.3 is 20.1 Å². The smallest absolute Gasteiger partial charge is 0.223 e. The number of rotatable bonds is 7. The fourth-order valence-electron chi connectivity index (χ4n) is 3.17. The van der Waals surface area contributed by atoms with E-state index in [0.717, 1.165) is 43.9 Å². The molecule has 2 fully saturated rings. The van der Waals surface area contributed by atoms with Crippen LogP contribution in [0.5, 0.6) is 5.75 Å². The number of hydrogen-bond acceptors (Lipinski definition) is 4. The predicted molar refractivity (Wildman–Crippen MR) is 89.8 cm³/mol. The van der Waals surface area contributed by atoms with Crippen molar-refractivity contribution in [2.75, 3.05) is 31.6 Å². The molecule has 1 aromatic carbocycles. The summed E-state index contributed by atoms with van der Waals surface area (Å²) in [5.74, 6) is 1.33. The minimum Gasteiger partial charge on any atom is -0.488 e. The molecule has 5 heteroatoms. The van der Waals surface area contributed by atoms with E-state index >= 15 is 0 Å². The summed E-state index contributed by atoms with van der Waals surface area (Å²) < 4.78 is 11.1. The molecule has 1 atom stereocenters. The van der Waals surface area contributed by atoms with Crippen LogP contribution in [0, 0.1) is 5.92 Å². The molecule has 0 radical (unpaired) electrons. The van der Waals surface area contributed by atoms with Gasteiger partial charge in [-0.1, -0.05) is 12.8 Å².